The summed E-state index contributed by atoms with van der Waals surface area (Å²) in [7, 11) is 2.13. The van der Waals surface area contributed by atoms with Crippen LogP contribution in [0.3, 0.4) is 0 Å². The number of methoxy groups -OCH3 is 3. The van der Waals surface area contributed by atoms with E-state index in [0.29, 0.717) is 29.4 Å². The van der Waals surface area contributed by atoms with Gasteiger partial charge in [0.2, 0.25) is 10.0 Å². The molecule has 1 unspecified atom stereocenters. The van der Waals surface area contributed by atoms with Gasteiger partial charge in [-0.25, -0.2) is 13.2 Å². The summed E-state index contributed by atoms with van der Waals surface area (Å²) in [5.74, 6) is -0.153. The molecular formula is C22H28N2O8S. The number of nitrogens with one attached hydrogen (secondary N) is 1. The molecule has 0 aliphatic carbocycles. The van der Waals surface area contributed by atoms with Crippen LogP contribution in [0.4, 0.5) is 11.4 Å². The fourth-order valence-corrected chi connectivity index (χ4v) is 3.39. The normalized spacial score (nSPS) is 11.8. The molecule has 1 amide bonds. The second-order valence-electron chi connectivity index (χ2n) is 6.97. The van der Waals surface area contributed by atoms with Gasteiger partial charge in [0.25, 0.3) is 5.91 Å². The fourth-order valence-electron chi connectivity index (χ4n) is 2.89. The van der Waals surface area contributed by atoms with Gasteiger partial charge in [-0.1, -0.05) is 6.92 Å². The number of amides is 1. The maximum Gasteiger partial charge on any atom is 0.340 e. The van der Waals surface area contributed by atoms with Gasteiger partial charge in [0.05, 0.1) is 44.5 Å². The standard InChI is InChI=1S/C22H28N2O8S/c1-7-18(32-15-10-8-14(9-11-15)24(2)33(6,27)28)21(25)23-17-13-20(30-4)19(29-3)12-16(17)22(26)31-5/h8-13,18H,7H2,1-6H3,(H,23,25). The molecule has 0 heterocycles. The van der Waals surface area contributed by atoms with E-state index in [-0.39, 0.29) is 11.3 Å². The fraction of sp³-hybridized carbons (Fsp3) is 0.364. The Morgan fingerprint density at radius 2 is 1.61 bits per heavy atom. The average molecular weight is 481 g/mol. The first-order valence-corrected chi connectivity index (χ1v) is 11.8. The van der Waals surface area contributed by atoms with Crippen molar-refractivity contribution in [3.8, 4) is 17.2 Å². The van der Waals surface area contributed by atoms with E-state index < -0.39 is 28.0 Å². The lowest BCUT2D eigenvalue weighted by atomic mass is 10.1. The molecule has 0 bridgehead atoms. The number of hydrogen-bond donors (Lipinski definition) is 1. The van der Waals surface area contributed by atoms with E-state index in [1.807, 2.05) is 0 Å². The maximum atomic E-state index is 12.9. The van der Waals surface area contributed by atoms with Crippen molar-refractivity contribution < 1.29 is 37.0 Å². The second-order valence-corrected chi connectivity index (χ2v) is 8.99. The number of benzene rings is 2. The highest BCUT2D eigenvalue weighted by Crippen LogP contribution is 2.34. The Hall–Kier alpha value is -3.47. The van der Waals surface area contributed by atoms with Crippen molar-refractivity contribution in [3.63, 3.8) is 0 Å². The highest BCUT2D eigenvalue weighted by atomic mass is 32.2. The number of anilines is 2. The number of carbonyl (C=O) groups is 2. The van der Waals surface area contributed by atoms with E-state index in [1.165, 1.54) is 40.5 Å². The minimum Gasteiger partial charge on any atom is -0.493 e. The summed E-state index contributed by atoms with van der Waals surface area (Å²) in [5.41, 5.74) is 0.721. The molecular weight excluding hydrogens is 452 g/mol. The van der Waals surface area contributed by atoms with Crippen LogP contribution in [0, 0.1) is 0 Å². The lowest BCUT2D eigenvalue weighted by Crippen LogP contribution is -2.33. The van der Waals surface area contributed by atoms with E-state index in [0.717, 1.165) is 10.6 Å². The topological polar surface area (TPSA) is 120 Å². The molecule has 0 aliphatic rings. The number of nitrogens with zero attached hydrogens (tertiary/aromatic N) is 1. The summed E-state index contributed by atoms with van der Waals surface area (Å²) in [4.78, 5) is 25.1. The molecule has 2 rings (SSSR count). The van der Waals surface area contributed by atoms with Crippen molar-refractivity contribution >= 4 is 33.3 Å². The van der Waals surface area contributed by atoms with Gasteiger partial charge >= 0.3 is 5.97 Å². The molecule has 0 aliphatic heterocycles. The van der Waals surface area contributed by atoms with Gasteiger partial charge in [-0.15, -0.1) is 0 Å². The SMILES string of the molecule is CCC(Oc1ccc(N(C)S(C)(=O)=O)cc1)C(=O)Nc1cc(OC)c(OC)cc1C(=O)OC. The molecule has 2 aromatic rings. The van der Waals surface area contributed by atoms with Gasteiger partial charge in [-0.3, -0.25) is 9.10 Å². The summed E-state index contributed by atoms with van der Waals surface area (Å²) >= 11 is 0. The zero-order valence-corrected chi connectivity index (χ0v) is 20.2. The molecule has 1 atom stereocenters. The number of rotatable bonds is 10. The smallest absolute Gasteiger partial charge is 0.340 e. The number of sulfonamides is 1. The largest absolute Gasteiger partial charge is 0.493 e. The lowest BCUT2D eigenvalue weighted by molar-refractivity contribution is -0.122. The number of carbonyl (C=O) groups excluding carboxylic acids is 2. The van der Waals surface area contributed by atoms with Crippen molar-refractivity contribution in [1.82, 2.24) is 0 Å². The first-order chi connectivity index (χ1) is 15.5. The predicted molar refractivity (Wildman–Crippen MR) is 124 cm³/mol. The minimum absolute atomic E-state index is 0.0894. The molecule has 2 aromatic carbocycles. The van der Waals surface area contributed by atoms with Gasteiger partial charge in [0, 0.05) is 19.2 Å². The Balaban J connectivity index is 2.25. The maximum absolute atomic E-state index is 12.9. The van der Waals surface area contributed by atoms with Crippen molar-refractivity contribution in [2.24, 2.45) is 0 Å². The molecule has 0 saturated carbocycles. The Bertz CT molecular complexity index is 1100. The summed E-state index contributed by atoms with van der Waals surface area (Å²) in [6, 6.07) is 9.17. The Kier molecular flexibility index (Phi) is 8.52. The quantitative estimate of drug-likeness (QED) is 0.516. The molecule has 33 heavy (non-hydrogen) atoms. The van der Waals surface area contributed by atoms with E-state index >= 15 is 0 Å². The summed E-state index contributed by atoms with van der Waals surface area (Å²) in [6.07, 6.45) is 0.547. The van der Waals surface area contributed by atoms with Crippen LogP contribution >= 0.6 is 0 Å². The zero-order chi connectivity index (χ0) is 24.8. The Morgan fingerprint density at radius 3 is 2.09 bits per heavy atom. The predicted octanol–water partition coefficient (Wildman–Crippen LogP) is 2.68. The molecule has 0 saturated heterocycles. The van der Waals surface area contributed by atoms with Crippen molar-refractivity contribution in [2.45, 2.75) is 19.4 Å². The van der Waals surface area contributed by atoms with E-state index in [4.69, 9.17) is 18.9 Å². The van der Waals surface area contributed by atoms with Crippen LogP contribution in [0.5, 0.6) is 17.2 Å². The zero-order valence-electron chi connectivity index (χ0n) is 19.4. The number of ether oxygens (including phenoxy) is 4. The molecule has 0 radical (unpaired) electrons. The molecule has 180 valence electrons. The highest BCUT2D eigenvalue weighted by Gasteiger charge is 2.24. The van der Waals surface area contributed by atoms with Crippen molar-refractivity contribution in [3.05, 3.63) is 42.0 Å². The lowest BCUT2D eigenvalue weighted by Gasteiger charge is -2.20. The average Bonchev–Trinajstić information content (AvgIpc) is 2.80. The van der Waals surface area contributed by atoms with Crippen LogP contribution in [-0.2, 0) is 19.6 Å². The monoisotopic (exact) mass is 480 g/mol. The van der Waals surface area contributed by atoms with Gasteiger partial charge in [0.15, 0.2) is 17.6 Å². The molecule has 0 spiro atoms. The number of esters is 1. The van der Waals surface area contributed by atoms with E-state index in [9.17, 15) is 18.0 Å². The first-order valence-electron chi connectivity index (χ1n) is 9.91. The third kappa shape index (κ3) is 6.28. The summed E-state index contributed by atoms with van der Waals surface area (Å²) < 4.78 is 45.6. The van der Waals surface area contributed by atoms with Crippen LogP contribution in [0.1, 0.15) is 23.7 Å². The molecule has 10 nitrogen and oxygen atoms in total. The summed E-state index contributed by atoms with van der Waals surface area (Å²) in [5, 5.41) is 2.68. The molecule has 0 aromatic heterocycles. The van der Waals surface area contributed by atoms with Crippen LogP contribution in [-0.4, -0.2) is 61.0 Å². The van der Waals surface area contributed by atoms with Crippen LogP contribution in [0.25, 0.3) is 0 Å². The third-order valence-electron chi connectivity index (χ3n) is 4.83. The van der Waals surface area contributed by atoms with Gasteiger partial charge in [-0.2, -0.15) is 0 Å². The van der Waals surface area contributed by atoms with Crippen LogP contribution in [0.2, 0.25) is 0 Å². The highest BCUT2D eigenvalue weighted by molar-refractivity contribution is 7.92. The Labute approximate surface area is 193 Å². The van der Waals surface area contributed by atoms with Gasteiger partial charge in [0.1, 0.15) is 5.75 Å². The minimum atomic E-state index is -3.40. The Morgan fingerprint density at radius 1 is 1.03 bits per heavy atom. The second kappa shape index (κ2) is 10.9. The van der Waals surface area contributed by atoms with Crippen LogP contribution in [0.15, 0.2) is 36.4 Å². The van der Waals surface area contributed by atoms with Crippen LogP contribution < -0.4 is 23.8 Å². The van der Waals surface area contributed by atoms with Gasteiger partial charge in [-0.05, 0) is 30.7 Å². The van der Waals surface area contributed by atoms with Gasteiger partial charge < -0.3 is 24.3 Å². The first kappa shape index (κ1) is 25.8. The van der Waals surface area contributed by atoms with Crippen molar-refractivity contribution in [1.29, 1.82) is 0 Å². The molecule has 0 fully saturated rings. The van der Waals surface area contributed by atoms with Crippen molar-refractivity contribution in [2.75, 3.05) is 44.3 Å². The molecule has 1 N–H and O–H groups in total. The third-order valence-corrected chi connectivity index (χ3v) is 6.03. The summed E-state index contributed by atoms with van der Waals surface area (Å²) in [6.45, 7) is 1.77. The molecule has 11 heteroatoms. The van der Waals surface area contributed by atoms with E-state index in [2.05, 4.69) is 5.32 Å². The van der Waals surface area contributed by atoms with E-state index in [1.54, 1.807) is 31.2 Å². The number of hydrogen-bond acceptors (Lipinski definition) is 8.